The molecule has 33 heavy (non-hydrogen) atoms. The maximum atomic E-state index is 11.9. The van der Waals surface area contributed by atoms with Crippen molar-refractivity contribution >= 4 is 69.0 Å². The molecule has 3 rings (SSSR count). The van der Waals surface area contributed by atoms with Crippen LogP contribution in [0.3, 0.4) is 0 Å². The van der Waals surface area contributed by atoms with Crippen LogP contribution < -0.4 is 14.2 Å². The molecule has 0 fully saturated rings. The molecule has 2 aromatic carbocycles. The van der Waals surface area contributed by atoms with Crippen molar-refractivity contribution in [3.05, 3.63) is 47.9 Å². The zero-order valence-electron chi connectivity index (χ0n) is 18.1. The molecule has 0 spiro atoms. The largest absolute Gasteiger partial charge is 0.497 e. The normalized spacial score (nSPS) is 11.5. The third-order valence-electron chi connectivity index (χ3n) is 4.08. The first kappa shape index (κ1) is 25.6. The molecular formula is C22H20I2N2O6S. The lowest BCUT2D eigenvalue weighted by Gasteiger charge is -2.14. The monoisotopic (exact) mass is 694 g/mol. The van der Waals surface area contributed by atoms with E-state index in [9.17, 15) is 9.90 Å². The van der Waals surface area contributed by atoms with Gasteiger partial charge in [-0.15, -0.1) is 10.2 Å². The van der Waals surface area contributed by atoms with Crippen LogP contribution in [-0.2, 0) is 4.79 Å². The molecule has 0 radical (unpaired) electrons. The molecule has 0 saturated carbocycles. The highest BCUT2D eigenvalue weighted by atomic mass is 127. The molecule has 0 atom stereocenters. The summed E-state index contributed by atoms with van der Waals surface area (Å²) in [6.45, 7) is 3.92. The van der Waals surface area contributed by atoms with Gasteiger partial charge in [0.05, 0.1) is 27.5 Å². The fourth-order valence-electron chi connectivity index (χ4n) is 2.69. The number of ether oxygens (including phenoxy) is 3. The quantitative estimate of drug-likeness (QED) is 0.165. The molecule has 0 amide bonds. The molecule has 3 aromatic rings. The van der Waals surface area contributed by atoms with Crippen molar-refractivity contribution in [2.45, 2.75) is 25.2 Å². The SMILES string of the molecule is COc1cc(OC)cc(-c2nnc(S/C(=C\c3cc(I)c(OC(C)C)c(I)c3)C(=O)O)o2)c1. The summed E-state index contributed by atoms with van der Waals surface area (Å²) in [6, 6.07) is 8.91. The number of carbonyl (C=O) groups is 1. The highest BCUT2D eigenvalue weighted by Gasteiger charge is 2.18. The minimum Gasteiger partial charge on any atom is -0.497 e. The Labute approximate surface area is 222 Å². The number of rotatable bonds is 9. The number of halogens is 2. The average molecular weight is 694 g/mol. The van der Waals surface area contributed by atoms with Crippen LogP contribution in [0.1, 0.15) is 19.4 Å². The number of carboxylic acids is 1. The van der Waals surface area contributed by atoms with Gasteiger partial charge in [-0.3, -0.25) is 0 Å². The Kier molecular flexibility index (Phi) is 8.87. The molecule has 8 nitrogen and oxygen atoms in total. The Bertz CT molecular complexity index is 1150. The fourth-order valence-corrected chi connectivity index (χ4v) is 5.43. The molecular weight excluding hydrogens is 674 g/mol. The van der Waals surface area contributed by atoms with Crippen LogP contribution in [0, 0.1) is 7.14 Å². The van der Waals surface area contributed by atoms with Crippen molar-refractivity contribution in [2.75, 3.05) is 14.2 Å². The van der Waals surface area contributed by atoms with E-state index in [4.69, 9.17) is 18.6 Å². The van der Waals surface area contributed by atoms with E-state index < -0.39 is 5.97 Å². The van der Waals surface area contributed by atoms with Gasteiger partial charge >= 0.3 is 5.97 Å². The third kappa shape index (κ3) is 6.76. The van der Waals surface area contributed by atoms with Gasteiger partial charge in [0.25, 0.3) is 5.22 Å². The van der Waals surface area contributed by atoms with Gasteiger partial charge in [-0.05, 0) is 107 Å². The first-order valence-corrected chi connectivity index (χ1v) is 12.5. The Morgan fingerprint density at radius 2 is 1.67 bits per heavy atom. The zero-order valence-corrected chi connectivity index (χ0v) is 23.2. The van der Waals surface area contributed by atoms with Crippen LogP contribution in [0.2, 0.25) is 0 Å². The molecule has 0 aliphatic heterocycles. The van der Waals surface area contributed by atoms with Crippen LogP contribution in [0.15, 0.2) is 44.9 Å². The number of nitrogens with zero attached hydrogens (tertiary/aromatic N) is 2. The van der Waals surface area contributed by atoms with Crippen molar-refractivity contribution in [3.63, 3.8) is 0 Å². The highest BCUT2D eigenvalue weighted by Crippen LogP contribution is 2.35. The summed E-state index contributed by atoms with van der Waals surface area (Å²) >= 11 is 5.23. The second-order valence-electron chi connectivity index (χ2n) is 6.87. The number of methoxy groups -OCH3 is 2. The number of thioether (sulfide) groups is 1. The van der Waals surface area contributed by atoms with Gasteiger partial charge in [-0.25, -0.2) is 4.79 Å². The second kappa shape index (κ2) is 11.4. The molecule has 0 unspecified atom stereocenters. The predicted molar refractivity (Wildman–Crippen MR) is 142 cm³/mol. The Balaban J connectivity index is 1.88. The molecule has 1 heterocycles. The molecule has 0 bridgehead atoms. The van der Waals surface area contributed by atoms with Gasteiger partial charge in [0.1, 0.15) is 22.2 Å². The molecule has 11 heteroatoms. The molecule has 1 aromatic heterocycles. The van der Waals surface area contributed by atoms with Gasteiger partial charge in [0, 0.05) is 11.6 Å². The number of benzene rings is 2. The van der Waals surface area contributed by atoms with Gasteiger partial charge in [-0.2, -0.15) is 0 Å². The second-order valence-corrected chi connectivity index (χ2v) is 10.2. The van der Waals surface area contributed by atoms with E-state index in [1.807, 2.05) is 26.0 Å². The van der Waals surface area contributed by atoms with Crippen molar-refractivity contribution in [1.82, 2.24) is 10.2 Å². The lowest BCUT2D eigenvalue weighted by molar-refractivity contribution is -0.131. The summed E-state index contributed by atoms with van der Waals surface area (Å²) < 4.78 is 23.9. The van der Waals surface area contributed by atoms with Gasteiger partial charge in [0.2, 0.25) is 5.89 Å². The summed E-state index contributed by atoms with van der Waals surface area (Å²) in [6.07, 6.45) is 1.60. The van der Waals surface area contributed by atoms with Crippen LogP contribution in [0.4, 0.5) is 0 Å². The molecule has 0 aliphatic carbocycles. The van der Waals surface area contributed by atoms with E-state index in [2.05, 4.69) is 55.4 Å². The number of carboxylic acid groups (broad SMARTS) is 1. The summed E-state index contributed by atoms with van der Waals surface area (Å²) in [7, 11) is 3.09. The molecule has 0 aliphatic rings. The summed E-state index contributed by atoms with van der Waals surface area (Å²) in [5.74, 6) is 1.03. The summed E-state index contributed by atoms with van der Waals surface area (Å²) in [4.78, 5) is 11.9. The van der Waals surface area contributed by atoms with E-state index in [-0.39, 0.29) is 22.1 Å². The van der Waals surface area contributed by atoms with Crippen molar-refractivity contribution in [3.8, 4) is 28.7 Å². The van der Waals surface area contributed by atoms with E-state index in [1.54, 1.807) is 38.5 Å². The number of hydrogen-bond acceptors (Lipinski definition) is 8. The van der Waals surface area contributed by atoms with Crippen LogP contribution in [0.25, 0.3) is 17.5 Å². The van der Waals surface area contributed by atoms with Crippen LogP contribution >= 0.6 is 56.9 Å². The fraction of sp³-hybridized carbons (Fsp3) is 0.227. The van der Waals surface area contributed by atoms with E-state index >= 15 is 0 Å². The Morgan fingerprint density at radius 3 is 2.18 bits per heavy atom. The van der Waals surface area contributed by atoms with Crippen LogP contribution in [-0.4, -0.2) is 41.6 Å². The smallest absolute Gasteiger partial charge is 0.342 e. The highest BCUT2D eigenvalue weighted by molar-refractivity contribution is 14.1. The standard InChI is InChI=1S/C22H20I2N2O6S/c1-11(2)31-19-16(23)5-12(6-17(19)24)7-18(21(27)28)33-22-26-25-20(32-22)13-8-14(29-3)10-15(9-13)30-4/h5-11H,1-4H3,(H,27,28)/b18-7-. The average Bonchev–Trinajstić information content (AvgIpc) is 3.24. The molecule has 174 valence electrons. The first-order chi connectivity index (χ1) is 15.7. The topological polar surface area (TPSA) is 104 Å². The lowest BCUT2D eigenvalue weighted by Crippen LogP contribution is -2.08. The Hall–Kier alpha value is -2.00. The third-order valence-corrected chi connectivity index (χ3v) is 6.54. The maximum absolute atomic E-state index is 11.9. The lowest BCUT2D eigenvalue weighted by atomic mass is 10.2. The first-order valence-electron chi connectivity index (χ1n) is 9.55. The van der Waals surface area contributed by atoms with Crippen LogP contribution in [0.5, 0.6) is 17.2 Å². The molecule has 1 N–H and O–H groups in total. The molecule has 0 saturated heterocycles. The predicted octanol–water partition coefficient (Wildman–Crippen LogP) is 5.97. The summed E-state index contributed by atoms with van der Waals surface area (Å²) in [5.41, 5.74) is 1.32. The summed E-state index contributed by atoms with van der Waals surface area (Å²) in [5, 5.41) is 17.9. The van der Waals surface area contributed by atoms with Crippen molar-refractivity contribution in [1.29, 1.82) is 0 Å². The van der Waals surface area contributed by atoms with E-state index in [1.165, 1.54) is 0 Å². The van der Waals surface area contributed by atoms with Gasteiger partial charge < -0.3 is 23.7 Å². The van der Waals surface area contributed by atoms with Crippen molar-refractivity contribution < 1.29 is 28.5 Å². The van der Waals surface area contributed by atoms with Gasteiger partial charge in [-0.1, -0.05) is 0 Å². The van der Waals surface area contributed by atoms with E-state index in [0.717, 1.165) is 30.2 Å². The number of hydrogen-bond donors (Lipinski definition) is 1. The van der Waals surface area contributed by atoms with E-state index in [0.29, 0.717) is 17.1 Å². The number of aliphatic carboxylic acids is 1. The minimum atomic E-state index is -1.10. The minimum absolute atomic E-state index is 0.0369. The number of aromatic nitrogens is 2. The maximum Gasteiger partial charge on any atom is 0.342 e. The Morgan fingerprint density at radius 1 is 1.06 bits per heavy atom. The van der Waals surface area contributed by atoms with Gasteiger partial charge in [0.15, 0.2) is 0 Å². The zero-order chi connectivity index (χ0) is 24.1. The van der Waals surface area contributed by atoms with Crippen molar-refractivity contribution in [2.24, 2.45) is 0 Å².